The van der Waals surface area contributed by atoms with Gasteiger partial charge in [-0.25, -0.2) is 4.39 Å². The molecule has 0 bridgehead atoms. The lowest BCUT2D eigenvalue weighted by molar-refractivity contribution is -0.276. The molecule has 1 rings (SSSR count). The number of carbonyl (C=O) groups excluding carboxylic acids is 1. The van der Waals surface area contributed by atoms with E-state index >= 15 is 0 Å². The quantitative estimate of drug-likeness (QED) is 0.665. The fourth-order valence-electron chi connectivity index (χ4n) is 1.46. The standard InChI is InChI=1S/C11H11F4NO4/c1-2-19-10(18)3-6-7(5-12)16-9(4-8(6)17)20-11(13,14)15/h4H,2-3,5H2,1H3,(H,16,17). The maximum atomic E-state index is 12.8. The molecule has 1 aromatic rings. The molecular formula is C11H11F4NO4. The molecule has 5 nitrogen and oxygen atoms in total. The highest BCUT2D eigenvalue weighted by molar-refractivity contribution is 5.72. The fraction of sp³-hybridized carbons (Fsp3) is 0.455. The first-order chi connectivity index (χ1) is 9.26. The minimum Gasteiger partial charge on any atom is -0.466 e. The zero-order valence-electron chi connectivity index (χ0n) is 10.3. The van der Waals surface area contributed by atoms with E-state index in [1.54, 1.807) is 6.92 Å². The van der Waals surface area contributed by atoms with Crippen LogP contribution < -0.4 is 10.2 Å². The fourth-order valence-corrected chi connectivity index (χ4v) is 1.46. The zero-order valence-corrected chi connectivity index (χ0v) is 10.3. The summed E-state index contributed by atoms with van der Waals surface area (Å²) in [6.45, 7) is 0.356. The first-order valence-electron chi connectivity index (χ1n) is 5.49. The summed E-state index contributed by atoms with van der Waals surface area (Å²) in [7, 11) is 0. The molecule has 0 aliphatic heterocycles. The number of alkyl halides is 4. The number of nitrogens with one attached hydrogen (secondary N) is 1. The molecule has 0 saturated heterocycles. The predicted octanol–water partition coefficient (Wildman–Crippen LogP) is 1.85. The number of hydrogen-bond acceptors (Lipinski definition) is 4. The monoisotopic (exact) mass is 297 g/mol. The molecule has 0 saturated carbocycles. The van der Waals surface area contributed by atoms with Gasteiger partial charge in [-0.1, -0.05) is 0 Å². The Morgan fingerprint density at radius 3 is 2.55 bits per heavy atom. The summed E-state index contributed by atoms with van der Waals surface area (Å²) in [6.07, 6.45) is -5.55. The van der Waals surface area contributed by atoms with Gasteiger partial charge in [0.05, 0.1) is 18.7 Å². The number of halogens is 4. The summed E-state index contributed by atoms with van der Waals surface area (Å²) < 4.78 is 56.9. The van der Waals surface area contributed by atoms with Crippen molar-refractivity contribution in [3.05, 3.63) is 27.5 Å². The number of ether oxygens (including phenoxy) is 2. The van der Waals surface area contributed by atoms with Crippen molar-refractivity contribution in [2.24, 2.45) is 0 Å². The van der Waals surface area contributed by atoms with E-state index in [1.165, 1.54) is 0 Å². The molecule has 1 aromatic heterocycles. The number of aromatic nitrogens is 1. The average Bonchev–Trinajstić information content (AvgIpc) is 2.30. The van der Waals surface area contributed by atoms with Gasteiger partial charge in [0, 0.05) is 11.6 Å². The Morgan fingerprint density at radius 1 is 1.40 bits per heavy atom. The van der Waals surface area contributed by atoms with Crippen LogP contribution in [-0.4, -0.2) is 23.9 Å². The van der Waals surface area contributed by atoms with Gasteiger partial charge >= 0.3 is 12.3 Å². The highest BCUT2D eigenvalue weighted by atomic mass is 19.4. The summed E-state index contributed by atoms with van der Waals surface area (Å²) in [6, 6.07) is 0.501. The maximum absolute atomic E-state index is 12.8. The van der Waals surface area contributed by atoms with Gasteiger partial charge in [-0.2, -0.15) is 0 Å². The molecule has 9 heteroatoms. The van der Waals surface area contributed by atoms with Gasteiger partial charge < -0.3 is 14.5 Å². The van der Waals surface area contributed by atoms with Gasteiger partial charge in [-0.3, -0.25) is 9.59 Å². The molecule has 0 fully saturated rings. The third-order valence-corrected chi connectivity index (χ3v) is 2.18. The molecule has 0 aromatic carbocycles. The largest absolute Gasteiger partial charge is 0.574 e. The molecule has 0 amide bonds. The summed E-state index contributed by atoms with van der Waals surface area (Å²) >= 11 is 0. The summed E-state index contributed by atoms with van der Waals surface area (Å²) in [4.78, 5) is 24.8. The van der Waals surface area contributed by atoms with Crippen LogP contribution in [0.3, 0.4) is 0 Å². The number of pyridine rings is 1. The van der Waals surface area contributed by atoms with Crippen molar-refractivity contribution in [3.63, 3.8) is 0 Å². The van der Waals surface area contributed by atoms with E-state index in [0.717, 1.165) is 0 Å². The molecule has 0 radical (unpaired) electrons. The Kier molecular flexibility index (Phi) is 5.12. The number of esters is 1. The lowest BCUT2D eigenvalue weighted by Crippen LogP contribution is -2.23. The topological polar surface area (TPSA) is 68.4 Å². The average molecular weight is 297 g/mol. The Balaban J connectivity index is 3.08. The SMILES string of the molecule is CCOC(=O)Cc1c(CF)[nH]c(OC(F)(F)F)cc1=O. The van der Waals surface area contributed by atoms with Crippen molar-refractivity contribution >= 4 is 5.97 Å². The van der Waals surface area contributed by atoms with Crippen LogP contribution in [0.1, 0.15) is 18.2 Å². The van der Waals surface area contributed by atoms with Crippen molar-refractivity contribution in [2.75, 3.05) is 6.61 Å². The summed E-state index contributed by atoms with van der Waals surface area (Å²) in [5, 5.41) is 0. The number of rotatable bonds is 5. The second-order valence-corrected chi connectivity index (χ2v) is 3.62. The van der Waals surface area contributed by atoms with Crippen LogP contribution in [0.5, 0.6) is 5.88 Å². The van der Waals surface area contributed by atoms with Crippen LogP contribution in [-0.2, 0) is 22.6 Å². The van der Waals surface area contributed by atoms with Gasteiger partial charge in [0.2, 0.25) is 5.88 Å². The first-order valence-corrected chi connectivity index (χ1v) is 5.49. The van der Waals surface area contributed by atoms with E-state index in [1.807, 2.05) is 4.98 Å². The van der Waals surface area contributed by atoms with Crippen molar-refractivity contribution < 1.29 is 31.8 Å². The highest BCUT2D eigenvalue weighted by Crippen LogP contribution is 2.21. The molecule has 0 unspecified atom stereocenters. The van der Waals surface area contributed by atoms with Gasteiger partial charge in [0.25, 0.3) is 0 Å². The van der Waals surface area contributed by atoms with Crippen LogP contribution in [0.4, 0.5) is 17.6 Å². The number of carbonyl (C=O) groups is 1. The Morgan fingerprint density at radius 2 is 2.05 bits per heavy atom. The van der Waals surface area contributed by atoms with E-state index in [0.29, 0.717) is 6.07 Å². The summed E-state index contributed by atoms with van der Waals surface area (Å²) in [5.74, 6) is -1.72. The maximum Gasteiger partial charge on any atom is 0.574 e. The molecule has 0 spiro atoms. The van der Waals surface area contributed by atoms with Gasteiger partial charge in [-0.15, -0.1) is 13.2 Å². The molecule has 20 heavy (non-hydrogen) atoms. The van der Waals surface area contributed by atoms with Crippen molar-refractivity contribution in [3.8, 4) is 5.88 Å². The molecular weight excluding hydrogens is 286 g/mol. The third-order valence-electron chi connectivity index (χ3n) is 2.18. The Hall–Kier alpha value is -2.06. The minimum atomic E-state index is -5.01. The predicted molar refractivity (Wildman–Crippen MR) is 58.9 cm³/mol. The number of aromatic amines is 1. The molecule has 0 aliphatic rings. The molecule has 0 atom stereocenters. The first kappa shape index (κ1) is 16.0. The zero-order chi connectivity index (χ0) is 15.3. The van der Waals surface area contributed by atoms with Crippen LogP contribution in [0, 0.1) is 0 Å². The molecule has 1 N–H and O–H groups in total. The normalized spacial score (nSPS) is 11.2. The van der Waals surface area contributed by atoms with Crippen molar-refractivity contribution in [1.82, 2.24) is 4.98 Å². The highest BCUT2D eigenvalue weighted by Gasteiger charge is 2.32. The molecule has 112 valence electrons. The van der Waals surface area contributed by atoms with E-state index in [-0.39, 0.29) is 12.2 Å². The van der Waals surface area contributed by atoms with Gasteiger partial charge in [0.1, 0.15) is 6.67 Å². The number of hydrogen-bond donors (Lipinski definition) is 1. The number of H-pyrrole nitrogens is 1. The van der Waals surface area contributed by atoms with E-state index in [4.69, 9.17) is 0 Å². The van der Waals surface area contributed by atoms with Crippen LogP contribution >= 0.6 is 0 Å². The van der Waals surface area contributed by atoms with Crippen molar-refractivity contribution in [2.45, 2.75) is 26.4 Å². The molecule has 0 aliphatic carbocycles. The van der Waals surface area contributed by atoms with Crippen molar-refractivity contribution in [1.29, 1.82) is 0 Å². The van der Waals surface area contributed by atoms with E-state index < -0.39 is 42.4 Å². The van der Waals surface area contributed by atoms with Gasteiger partial charge in [-0.05, 0) is 6.92 Å². The van der Waals surface area contributed by atoms with Crippen LogP contribution in [0.25, 0.3) is 0 Å². The summed E-state index contributed by atoms with van der Waals surface area (Å²) in [5.41, 5.74) is -1.69. The van der Waals surface area contributed by atoms with Crippen LogP contribution in [0.15, 0.2) is 10.9 Å². The molecule has 1 heterocycles. The second kappa shape index (κ2) is 6.40. The second-order valence-electron chi connectivity index (χ2n) is 3.62. The lowest BCUT2D eigenvalue weighted by Gasteiger charge is -2.11. The van der Waals surface area contributed by atoms with Crippen LogP contribution in [0.2, 0.25) is 0 Å². The minimum absolute atomic E-state index is 0.0664. The van der Waals surface area contributed by atoms with E-state index in [9.17, 15) is 27.2 Å². The Bertz CT molecular complexity index is 538. The van der Waals surface area contributed by atoms with E-state index in [2.05, 4.69) is 9.47 Å². The Labute approximate surface area is 110 Å². The smallest absolute Gasteiger partial charge is 0.466 e. The lowest BCUT2D eigenvalue weighted by atomic mass is 10.1. The van der Waals surface area contributed by atoms with Gasteiger partial charge in [0.15, 0.2) is 5.43 Å². The third kappa shape index (κ3) is 4.56.